The number of carbonyl (C=O) groups is 1. The van der Waals surface area contributed by atoms with Gasteiger partial charge in [-0.2, -0.15) is 0 Å². The highest BCUT2D eigenvalue weighted by molar-refractivity contribution is 5.77. The normalized spacial score (nSPS) is 10.4. The molecule has 0 radical (unpaired) electrons. The SMILES string of the molecule is Cc1cc(C)c(C)c(OCC(=O)N(C)CCCN)c1. The maximum absolute atomic E-state index is 11.9. The summed E-state index contributed by atoms with van der Waals surface area (Å²) in [7, 11) is 1.77. The van der Waals surface area contributed by atoms with Crippen LogP contribution in [0.15, 0.2) is 12.1 Å². The van der Waals surface area contributed by atoms with E-state index in [-0.39, 0.29) is 12.5 Å². The Labute approximate surface area is 115 Å². The van der Waals surface area contributed by atoms with Gasteiger partial charge in [0.2, 0.25) is 0 Å². The second kappa shape index (κ2) is 7.14. The predicted octanol–water partition coefficient (Wildman–Crippen LogP) is 1.80. The molecule has 0 atom stereocenters. The highest BCUT2D eigenvalue weighted by Gasteiger charge is 2.10. The Bertz CT molecular complexity index is 444. The van der Waals surface area contributed by atoms with Crippen molar-refractivity contribution in [3.8, 4) is 5.75 Å². The van der Waals surface area contributed by atoms with E-state index in [0.29, 0.717) is 13.1 Å². The topological polar surface area (TPSA) is 55.6 Å². The number of benzene rings is 1. The number of rotatable bonds is 6. The Kier molecular flexibility index (Phi) is 5.83. The van der Waals surface area contributed by atoms with E-state index >= 15 is 0 Å². The molecule has 1 aromatic carbocycles. The van der Waals surface area contributed by atoms with Gasteiger partial charge >= 0.3 is 0 Å². The maximum atomic E-state index is 11.9. The summed E-state index contributed by atoms with van der Waals surface area (Å²) in [5.41, 5.74) is 8.83. The highest BCUT2D eigenvalue weighted by Crippen LogP contribution is 2.23. The van der Waals surface area contributed by atoms with E-state index in [1.807, 2.05) is 26.8 Å². The lowest BCUT2D eigenvalue weighted by atomic mass is 10.1. The van der Waals surface area contributed by atoms with E-state index in [1.54, 1.807) is 11.9 Å². The minimum absolute atomic E-state index is 0.0213. The first-order valence-corrected chi connectivity index (χ1v) is 6.60. The van der Waals surface area contributed by atoms with Gasteiger partial charge in [-0.25, -0.2) is 0 Å². The number of aryl methyl sites for hydroxylation is 2. The molecule has 0 spiro atoms. The fraction of sp³-hybridized carbons (Fsp3) is 0.533. The van der Waals surface area contributed by atoms with Crippen LogP contribution in [0.4, 0.5) is 0 Å². The molecule has 0 aliphatic carbocycles. The quantitative estimate of drug-likeness (QED) is 0.852. The minimum atomic E-state index is -0.0213. The van der Waals surface area contributed by atoms with Crippen LogP contribution in [-0.2, 0) is 4.79 Å². The van der Waals surface area contributed by atoms with Crippen LogP contribution in [0.2, 0.25) is 0 Å². The first-order valence-electron chi connectivity index (χ1n) is 6.60. The van der Waals surface area contributed by atoms with Crippen LogP contribution in [0.1, 0.15) is 23.1 Å². The molecule has 0 aliphatic rings. The molecular formula is C15H24N2O2. The van der Waals surface area contributed by atoms with Crippen LogP contribution in [0.5, 0.6) is 5.75 Å². The molecule has 1 amide bonds. The third-order valence-electron chi connectivity index (χ3n) is 3.24. The highest BCUT2D eigenvalue weighted by atomic mass is 16.5. The number of nitrogens with two attached hydrogens (primary N) is 1. The first-order chi connectivity index (χ1) is 8.95. The smallest absolute Gasteiger partial charge is 0.260 e. The summed E-state index contributed by atoms with van der Waals surface area (Å²) >= 11 is 0. The third kappa shape index (κ3) is 4.56. The van der Waals surface area contributed by atoms with E-state index < -0.39 is 0 Å². The lowest BCUT2D eigenvalue weighted by Gasteiger charge is -2.18. The standard InChI is InChI=1S/C15H24N2O2/c1-11-8-12(2)13(3)14(9-11)19-10-15(18)17(4)7-5-6-16/h8-9H,5-7,10,16H2,1-4H3. The molecular weight excluding hydrogens is 240 g/mol. The Morgan fingerprint density at radius 3 is 2.63 bits per heavy atom. The molecule has 4 heteroatoms. The number of likely N-dealkylation sites (N-methyl/N-ethyl adjacent to an activating group) is 1. The van der Waals surface area contributed by atoms with E-state index in [1.165, 1.54) is 5.56 Å². The summed E-state index contributed by atoms with van der Waals surface area (Å²) in [5.74, 6) is 0.769. The van der Waals surface area contributed by atoms with Gasteiger partial charge in [-0.3, -0.25) is 4.79 Å². The first kappa shape index (κ1) is 15.5. The van der Waals surface area contributed by atoms with Crippen LogP contribution in [0.3, 0.4) is 0 Å². The van der Waals surface area contributed by atoms with Gasteiger partial charge in [0, 0.05) is 13.6 Å². The summed E-state index contributed by atoms with van der Waals surface area (Å²) in [6, 6.07) is 4.08. The fourth-order valence-electron chi connectivity index (χ4n) is 1.85. The molecule has 0 aromatic heterocycles. The summed E-state index contributed by atoms with van der Waals surface area (Å²) in [6.07, 6.45) is 0.810. The largest absolute Gasteiger partial charge is 0.483 e. The average molecular weight is 264 g/mol. The Morgan fingerprint density at radius 1 is 1.32 bits per heavy atom. The van der Waals surface area contributed by atoms with Crippen molar-refractivity contribution in [3.05, 3.63) is 28.8 Å². The van der Waals surface area contributed by atoms with Crippen molar-refractivity contribution in [2.75, 3.05) is 26.7 Å². The second-order valence-corrected chi connectivity index (χ2v) is 4.95. The number of nitrogens with zero attached hydrogens (tertiary/aromatic N) is 1. The number of amides is 1. The predicted molar refractivity (Wildman–Crippen MR) is 77.5 cm³/mol. The number of hydrogen-bond donors (Lipinski definition) is 1. The van der Waals surface area contributed by atoms with Crippen LogP contribution < -0.4 is 10.5 Å². The zero-order chi connectivity index (χ0) is 14.4. The van der Waals surface area contributed by atoms with E-state index in [0.717, 1.165) is 23.3 Å². The zero-order valence-electron chi connectivity index (χ0n) is 12.3. The van der Waals surface area contributed by atoms with E-state index in [4.69, 9.17) is 10.5 Å². The Balaban J connectivity index is 2.59. The minimum Gasteiger partial charge on any atom is -0.483 e. The monoisotopic (exact) mass is 264 g/mol. The Hall–Kier alpha value is -1.55. The van der Waals surface area contributed by atoms with E-state index in [9.17, 15) is 4.79 Å². The van der Waals surface area contributed by atoms with Gasteiger partial charge < -0.3 is 15.4 Å². The van der Waals surface area contributed by atoms with Crippen molar-refractivity contribution < 1.29 is 9.53 Å². The van der Waals surface area contributed by atoms with E-state index in [2.05, 4.69) is 6.07 Å². The van der Waals surface area contributed by atoms with Gasteiger partial charge in [-0.1, -0.05) is 6.07 Å². The molecule has 0 heterocycles. The molecule has 1 rings (SSSR count). The molecule has 19 heavy (non-hydrogen) atoms. The number of hydrogen-bond acceptors (Lipinski definition) is 3. The second-order valence-electron chi connectivity index (χ2n) is 4.95. The Morgan fingerprint density at radius 2 is 2.00 bits per heavy atom. The molecule has 0 aliphatic heterocycles. The summed E-state index contributed by atoms with van der Waals surface area (Å²) in [4.78, 5) is 13.5. The molecule has 0 unspecified atom stereocenters. The van der Waals surface area contributed by atoms with Gasteiger partial charge in [0.25, 0.3) is 5.91 Å². The molecule has 0 saturated heterocycles. The number of ether oxygens (including phenoxy) is 1. The average Bonchev–Trinajstić information content (AvgIpc) is 2.37. The summed E-state index contributed by atoms with van der Waals surface area (Å²) < 4.78 is 5.64. The van der Waals surface area contributed by atoms with Crippen LogP contribution in [-0.4, -0.2) is 37.6 Å². The molecule has 0 bridgehead atoms. The van der Waals surface area contributed by atoms with Gasteiger partial charge in [-0.05, 0) is 56.5 Å². The fourth-order valence-corrected chi connectivity index (χ4v) is 1.85. The van der Waals surface area contributed by atoms with Gasteiger partial charge in [0.1, 0.15) is 5.75 Å². The lowest BCUT2D eigenvalue weighted by Crippen LogP contribution is -2.33. The molecule has 1 aromatic rings. The lowest BCUT2D eigenvalue weighted by molar-refractivity contribution is -0.132. The zero-order valence-corrected chi connectivity index (χ0v) is 12.3. The van der Waals surface area contributed by atoms with Crippen LogP contribution in [0, 0.1) is 20.8 Å². The number of carbonyl (C=O) groups excluding carboxylic acids is 1. The third-order valence-corrected chi connectivity index (χ3v) is 3.24. The van der Waals surface area contributed by atoms with Crippen molar-refractivity contribution in [2.45, 2.75) is 27.2 Å². The van der Waals surface area contributed by atoms with Crippen LogP contribution >= 0.6 is 0 Å². The summed E-state index contributed by atoms with van der Waals surface area (Å²) in [5, 5.41) is 0. The molecule has 2 N–H and O–H groups in total. The molecule has 0 fully saturated rings. The van der Waals surface area contributed by atoms with Crippen LogP contribution in [0.25, 0.3) is 0 Å². The molecule has 106 valence electrons. The van der Waals surface area contributed by atoms with Crippen molar-refractivity contribution in [3.63, 3.8) is 0 Å². The van der Waals surface area contributed by atoms with Crippen molar-refractivity contribution in [2.24, 2.45) is 5.73 Å². The van der Waals surface area contributed by atoms with Crippen molar-refractivity contribution >= 4 is 5.91 Å². The molecule has 4 nitrogen and oxygen atoms in total. The van der Waals surface area contributed by atoms with Crippen molar-refractivity contribution in [1.29, 1.82) is 0 Å². The van der Waals surface area contributed by atoms with Gasteiger partial charge in [-0.15, -0.1) is 0 Å². The summed E-state index contributed by atoms with van der Waals surface area (Å²) in [6.45, 7) is 7.41. The van der Waals surface area contributed by atoms with Gasteiger partial charge in [0.15, 0.2) is 6.61 Å². The molecule has 0 saturated carbocycles. The van der Waals surface area contributed by atoms with Gasteiger partial charge in [0.05, 0.1) is 0 Å². The maximum Gasteiger partial charge on any atom is 0.260 e. The van der Waals surface area contributed by atoms with Crippen molar-refractivity contribution in [1.82, 2.24) is 4.90 Å².